The van der Waals surface area contributed by atoms with Gasteiger partial charge in [-0.2, -0.15) is 0 Å². The first kappa shape index (κ1) is 11.0. The SMILES string of the molecule is NCC1(c2c(O)cccc2Br)CCCC1. The molecule has 0 amide bonds. The van der Waals surface area contributed by atoms with Crippen molar-refractivity contribution in [1.29, 1.82) is 0 Å². The molecular formula is C12H16BrNO. The van der Waals surface area contributed by atoms with E-state index in [-0.39, 0.29) is 5.41 Å². The number of hydrogen-bond donors (Lipinski definition) is 2. The van der Waals surface area contributed by atoms with E-state index >= 15 is 0 Å². The lowest BCUT2D eigenvalue weighted by atomic mass is 9.78. The third-order valence-corrected chi connectivity index (χ3v) is 4.13. The Bertz CT molecular complexity index is 338. The summed E-state index contributed by atoms with van der Waals surface area (Å²) in [5.41, 5.74) is 6.90. The maximum Gasteiger partial charge on any atom is 0.120 e. The predicted molar refractivity (Wildman–Crippen MR) is 65.0 cm³/mol. The van der Waals surface area contributed by atoms with E-state index in [9.17, 15) is 5.11 Å². The second-order valence-electron chi connectivity index (χ2n) is 4.33. The molecule has 0 aliphatic heterocycles. The van der Waals surface area contributed by atoms with Crippen LogP contribution in [0, 0.1) is 0 Å². The van der Waals surface area contributed by atoms with Gasteiger partial charge >= 0.3 is 0 Å². The Kier molecular flexibility index (Phi) is 3.03. The zero-order chi connectivity index (χ0) is 10.9. The van der Waals surface area contributed by atoms with Crippen molar-refractivity contribution in [2.45, 2.75) is 31.1 Å². The van der Waals surface area contributed by atoms with E-state index in [0.717, 1.165) is 22.9 Å². The molecule has 2 nitrogen and oxygen atoms in total. The predicted octanol–water partition coefficient (Wildman–Crippen LogP) is 2.93. The quantitative estimate of drug-likeness (QED) is 0.868. The van der Waals surface area contributed by atoms with Gasteiger partial charge in [-0.25, -0.2) is 0 Å². The molecule has 1 aliphatic rings. The first-order valence-electron chi connectivity index (χ1n) is 5.38. The molecule has 0 heterocycles. The Balaban J connectivity index is 2.51. The van der Waals surface area contributed by atoms with Crippen LogP contribution in [0.15, 0.2) is 22.7 Å². The van der Waals surface area contributed by atoms with Gasteiger partial charge in [-0.15, -0.1) is 0 Å². The molecule has 0 atom stereocenters. The molecule has 0 spiro atoms. The highest BCUT2D eigenvalue weighted by molar-refractivity contribution is 9.10. The van der Waals surface area contributed by atoms with Crippen LogP contribution in [0.4, 0.5) is 0 Å². The molecule has 3 N–H and O–H groups in total. The van der Waals surface area contributed by atoms with Crippen molar-refractivity contribution in [2.75, 3.05) is 6.54 Å². The molecule has 3 heteroatoms. The van der Waals surface area contributed by atoms with Gasteiger partial charge in [0.15, 0.2) is 0 Å². The second-order valence-corrected chi connectivity index (χ2v) is 5.18. The van der Waals surface area contributed by atoms with E-state index < -0.39 is 0 Å². The van der Waals surface area contributed by atoms with Crippen molar-refractivity contribution in [3.8, 4) is 5.75 Å². The molecule has 0 radical (unpaired) electrons. The zero-order valence-corrected chi connectivity index (χ0v) is 10.3. The van der Waals surface area contributed by atoms with Crippen LogP contribution in [0.5, 0.6) is 5.75 Å². The Labute approximate surface area is 98.6 Å². The lowest BCUT2D eigenvalue weighted by Crippen LogP contribution is -2.32. The molecule has 82 valence electrons. The number of phenolic OH excluding ortho intramolecular Hbond substituents is 1. The van der Waals surface area contributed by atoms with Crippen LogP contribution < -0.4 is 5.73 Å². The summed E-state index contributed by atoms with van der Waals surface area (Å²) in [6, 6.07) is 5.57. The van der Waals surface area contributed by atoms with Gasteiger partial charge in [0.2, 0.25) is 0 Å². The highest BCUT2D eigenvalue weighted by Gasteiger charge is 2.37. The summed E-state index contributed by atoms with van der Waals surface area (Å²) in [7, 11) is 0. The highest BCUT2D eigenvalue weighted by atomic mass is 79.9. The molecule has 1 aliphatic carbocycles. The van der Waals surface area contributed by atoms with Crippen molar-refractivity contribution in [1.82, 2.24) is 0 Å². The molecule has 0 aromatic heterocycles. The van der Waals surface area contributed by atoms with Crippen molar-refractivity contribution in [3.63, 3.8) is 0 Å². The van der Waals surface area contributed by atoms with Crippen LogP contribution in [0.2, 0.25) is 0 Å². The number of nitrogens with two attached hydrogens (primary N) is 1. The van der Waals surface area contributed by atoms with Crippen LogP contribution in [0.25, 0.3) is 0 Å². The Morgan fingerprint density at radius 1 is 1.33 bits per heavy atom. The van der Waals surface area contributed by atoms with Crippen LogP contribution in [-0.4, -0.2) is 11.7 Å². The van der Waals surface area contributed by atoms with Gasteiger partial charge in [0.05, 0.1) is 0 Å². The number of benzene rings is 1. The minimum Gasteiger partial charge on any atom is -0.508 e. The van der Waals surface area contributed by atoms with E-state index in [1.165, 1.54) is 12.8 Å². The van der Waals surface area contributed by atoms with Crippen LogP contribution >= 0.6 is 15.9 Å². The number of rotatable bonds is 2. The topological polar surface area (TPSA) is 46.2 Å². The van der Waals surface area contributed by atoms with Gasteiger partial charge in [0, 0.05) is 22.0 Å². The fourth-order valence-corrected chi connectivity index (χ4v) is 3.42. The van der Waals surface area contributed by atoms with E-state index in [1.54, 1.807) is 6.07 Å². The number of halogens is 1. The summed E-state index contributed by atoms with van der Waals surface area (Å²) in [6.45, 7) is 0.614. The Hall–Kier alpha value is -0.540. The molecule has 1 aromatic carbocycles. The number of hydrogen-bond acceptors (Lipinski definition) is 2. The first-order chi connectivity index (χ1) is 7.19. The van der Waals surface area contributed by atoms with Gasteiger partial charge in [0.1, 0.15) is 5.75 Å². The smallest absolute Gasteiger partial charge is 0.120 e. The lowest BCUT2D eigenvalue weighted by Gasteiger charge is -2.29. The zero-order valence-electron chi connectivity index (χ0n) is 8.67. The third kappa shape index (κ3) is 1.79. The van der Waals surface area contributed by atoms with Crippen LogP contribution in [-0.2, 0) is 5.41 Å². The molecule has 15 heavy (non-hydrogen) atoms. The Morgan fingerprint density at radius 3 is 2.53 bits per heavy atom. The van der Waals surface area contributed by atoms with Crippen molar-refractivity contribution in [2.24, 2.45) is 5.73 Å². The summed E-state index contributed by atoms with van der Waals surface area (Å²) in [6.07, 6.45) is 4.58. The van der Waals surface area contributed by atoms with E-state index in [0.29, 0.717) is 12.3 Å². The minimum atomic E-state index is -0.00975. The number of phenols is 1. The second kappa shape index (κ2) is 4.14. The van der Waals surface area contributed by atoms with Crippen molar-refractivity contribution >= 4 is 15.9 Å². The summed E-state index contributed by atoms with van der Waals surface area (Å²) in [4.78, 5) is 0. The fourth-order valence-electron chi connectivity index (χ4n) is 2.65. The standard InChI is InChI=1S/C12H16BrNO/c13-9-4-3-5-10(15)11(9)12(8-14)6-1-2-7-12/h3-5,15H,1-2,6-8,14H2. The van der Waals surface area contributed by atoms with Crippen molar-refractivity contribution < 1.29 is 5.11 Å². The first-order valence-corrected chi connectivity index (χ1v) is 6.17. The van der Waals surface area contributed by atoms with Crippen molar-refractivity contribution in [3.05, 3.63) is 28.2 Å². The maximum absolute atomic E-state index is 9.96. The van der Waals surface area contributed by atoms with Gasteiger partial charge in [0.25, 0.3) is 0 Å². The van der Waals surface area contributed by atoms with Gasteiger partial charge < -0.3 is 10.8 Å². The van der Waals surface area contributed by atoms with E-state index in [4.69, 9.17) is 5.73 Å². The normalized spacial score (nSPS) is 19.3. The average Bonchev–Trinajstić information content (AvgIpc) is 2.67. The Morgan fingerprint density at radius 2 is 2.00 bits per heavy atom. The lowest BCUT2D eigenvalue weighted by molar-refractivity contribution is 0.404. The van der Waals surface area contributed by atoms with Crippen LogP contribution in [0.1, 0.15) is 31.2 Å². The monoisotopic (exact) mass is 269 g/mol. The van der Waals surface area contributed by atoms with Crippen LogP contribution in [0.3, 0.4) is 0 Å². The van der Waals surface area contributed by atoms with Gasteiger partial charge in [-0.3, -0.25) is 0 Å². The summed E-state index contributed by atoms with van der Waals surface area (Å²) in [5.74, 6) is 0.372. The van der Waals surface area contributed by atoms with Gasteiger partial charge in [-0.1, -0.05) is 34.8 Å². The molecule has 1 saturated carbocycles. The molecular weight excluding hydrogens is 254 g/mol. The summed E-state index contributed by atoms with van der Waals surface area (Å²) in [5, 5.41) is 9.96. The number of aromatic hydroxyl groups is 1. The molecule has 2 rings (SSSR count). The molecule has 0 saturated heterocycles. The fraction of sp³-hybridized carbons (Fsp3) is 0.500. The highest BCUT2D eigenvalue weighted by Crippen LogP contribution is 2.46. The summed E-state index contributed by atoms with van der Waals surface area (Å²) < 4.78 is 0.981. The third-order valence-electron chi connectivity index (χ3n) is 3.47. The average molecular weight is 270 g/mol. The molecule has 0 unspecified atom stereocenters. The van der Waals surface area contributed by atoms with E-state index in [1.807, 2.05) is 12.1 Å². The largest absolute Gasteiger partial charge is 0.508 e. The maximum atomic E-state index is 9.96. The van der Waals surface area contributed by atoms with E-state index in [2.05, 4.69) is 15.9 Å². The summed E-state index contributed by atoms with van der Waals surface area (Å²) >= 11 is 3.52. The minimum absolute atomic E-state index is 0.00975. The molecule has 0 bridgehead atoms. The molecule has 1 fully saturated rings. The van der Waals surface area contributed by atoms with Gasteiger partial charge in [-0.05, 0) is 25.0 Å². The molecule has 1 aromatic rings.